The first-order valence-electron chi connectivity index (χ1n) is 6.69. The molecule has 3 heteroatoms. The number of benzene rings is 2. The third-order valence-corrected chi connectivity index (χ3v) is 3.60. The number of hydrogen-bond donors (Lipinski definition) is 1. The normalized spacial score (nSPS) is 11.7. The predicted molar refractivity (Wildman–Crippen MR) is 84.0 cm³/mol. The van der Waals surface area contributed by atoms with E-state index in [4.69, 9.17) is 16.9 Å². The third-order valence-electron chi connectivity index (χ3n) is 3.36. The Hall–Kier alpha value is -1.98. The Bertz CT molecular complexity index is 626. The van der Waals surface area contributed by atoms with Crippen LogP contribution in [0.15, 0.2) is 42.5 Å². The number of nitrogens with one attached hydrogen (secondary N) is 1. The molecule has 0 amide bonds. The van der Waals surface area contributed by atoms with Crippen LogP contribution in [0.3, 0.4) is 0 Å². The third kappa shape index (κ3) is 3.31. The summed E-state index contributed by atoms with van der Waals surface area (Å²) in [5.74, 6) is 0. The van der Waals surface area contributed by atoms with Crippen molar-refractivity contribution < 1.29 is 0 Å². The molecule has 102 valence electrons. The number of halogens is 1. The zero-order valence-corrected chi connectivity index (χ0v) is 12.4. The van der Waals surface area contributed by atoms with Crippen LogP contribution in [0.25, 0.3) is 0 Å². The van der Waals surface area contributed by atoms with Gasteiger partial charge in [0.2, 0.25) is 0 Å². The summed E-state index contributed by atoms with van der Waals surface area (Å²) in [5, 5.41) is 13.1. The molecule has 1 N–H and O–H groups in total. The molecule has 1 unspecified atom stereocenters. The van der Waals surface area contributed by atoms with Crippen molar-refractivity contribution >= 4 is 17.3 Å². The van der Waals surface area contributed by atoms with E-state index in [0.717, 1.165) is 12.1 Å². The van der Waals surface area contributed by atoms with Crippen LogP contribution in [-0.2, 0) is 6.42 Å². The quantitative estimate of drug-likeness (QED) is 0.862. The Morgan fingerprint density at radius 3 is 2.50 bits per heavy atom. The van der Waals surface area contributed by atoms with E-state index in [-0.39, 0.29) is 6.04 Å². The van der Waals surface area contributed by atoms with Gasteiger partial charge in [0.05, 0.1) is 11.3 Å². The highest BCUT2D eigenvalue weighted by molar-refractivity contribution is 6.30. The molecule has 2 aromatic carbocycles. The van der Waals surface area contributed by atoms with E-state index in [1.807, 2.05) is 6.07 Å². The monoisotopic (exact) mass is 284 g/mol. The number of rotatable bonds is 4. The fraction of sp³-hybridized carbons (Fsp3) is 0.235. The molecule has 0 aromatic heterocycles. The Balaban J connectivity index is 2.18. The number of anilines is 1. The lowest BCUT2D eigenvalue weighted by Crippen LogP contribution is -2.07. The topological polar surface area (TPSA) is 35.8 Å². The van der Waals surface area contributed by atoms with Crippen LogP contribution in [0.2, 0.25) is 5.02 Å². The van der Waals surface area contributed by atoms with Crippen molar-refractivity contribution in [1.29, 1.82) is 5.26 Å². The molecule has 0 bridgehead atoms. The van der Waals surface area contributed by atoms with Crippen molar-refractivity contribution in [2.45, 2.75) is 26.3 Å². The first kappa shape index (κ1) is 14.4. The van der Waals surface area contributed by atoms with E-state index in [0.29, 0.717) is 10.6 Å². The average molecular weight is 285 g/mol. The van der Waals surface area contributed by atoms with Crippen LogP contribution in [0.5, 0.6) is 0 Å². The standard InChI is InChI=1S/C17H17ClN2/c1-3-13-4-6-14(7-5-13)12(2)20-17-9-8-16(18)10-15(17)11-19/h4-10,12,20H,3H2,1-2H3. The molecule has 0 aliphatic carbocycles. The van der Waals surface area contributed by atoms with Crippen LogP contribution in [0, 0.1) is 11.3 Å². The van der Waals surface area contributed by atoms with E-state index in [1.165, 1.54) is 11.1 Å². The minimum Gasteiger partial charge on any atom is -0.377 e. The lowest BCUT2D eigenvalue weighted by atomic mass is 10.0. The van der Waals surface area contributed by atoms with Crippen LogP contribution < -0.4 is 5.32 Å². The van der Waals surface area contributed by atoms with E-state index in [1.54, 1.807) is 12.1 Å². The van der Waals surface area contributed by atoms with Crippen molar-refractivity contribution in [3.8, 4) is 6.07 Å². The summed E-state index contributed by atoms with van der Waals surface area (Å²) in [5.41, 5.74) is 3.89. The highest BCUT2D eigenvalue weighted by Crippen LogP contribution is 2.25. The van der Waals surface area contributed by atoms with Gasteiger partial charge in [-0.05, 0) is 42.7 Å². The summed E-state index contributed by atoms with van der Waals surface area (Å²) in [6.45, 7) is 4.22. The fourth-order valence-electron chi connectivity index (χ4n) is 2.09. The molecule has 0 saturated carbocycles. The van der Waals surface area contributed by atoms with Crippen LogP contribution >= 0.6 is 11.6 Å². The van der Waals surface area contributed by atoms with E-state index >= 15 is 0 Å². The van der Waals surface area contributed by atoms with Crippen molar-refractivity contribution in [2.75, 3.05) is 5.32 Å². The van der Waals surface area contributed by atoms with Gasteiger partial charge in [-0.25, -0.2) is 0 Å². The van der Waals surface area contributed by atoms with Gasteiger partial charge in [0.1, 0.15) is 6.07 Å². The van der Waals surface area contributed by atoms with E-state index in [9.17, 15) is 0 Å². The van der Waals surface area contributed by atoms with Gasteiger partial charge in [0.15, 0.2) is 0 Å². The lowest BCUT2D eigenvalue weighted by molar-refractivity contribution is 0.882. The van der Waals surface area contributed by atoms with Gasteiger partial charge in [-0.2, -0.15) is 5.26 Å². The second-order valence-corrected chi connectivity index (χ2v) is 5.20. The maximum absolute atomic E-state index is 9.15. The Kier molecular flexibility index (Phi) is 4.65. The van der Waals surface area contributed by atoms with Crippen molar-refractivity contribution in [1.82, 2.24) is 0 Å². The van der Waals surface area contributed by atoms with Crippen LogP contribution in [-0.4, -0.2) is 0 Å². The maximum atomic E-state index is 9.15. The van der Waals surface area contributed by atoms with Crippen LogP contribution in [0.4, 0.5) is 5.69 Å². The second-order valence-electron chi connectivity index (χ2n) is 4.76. The van der Waals surface area contributed by atoms with Gasteiger partial charge in [-0.3, -0.25) is 0 Å². The zero-order chi connectivity index (χ0) is 14.5. The highest BCUT2D eigenvalue weighted by Gasteiger charge is 2.08. The molecule has 0 spiro atoms. The first-order valence-corrected chi connectivity index (χ1v) is 7.07. The van der Waals surface area contributed by atoms with Gasteiger partial charge >= 0.3 is 0 Å². The summed E-state index contributed by atoms with van der Waals surface area (Å²) >= 11 is 5.90. The Morgan fingerprint density at radius 2 is 1.90 bits per heavy atom. The minimum atomic E-state index is 0.134. The maximum Gasteiger partial charge on any atom is 0.101 e. The smallest absolute Gasteiger partial charge is 0.101 e. The van der Waals surface area contributed by atoms with Gasteiger partial charge in [0.25, 0.3) is 0 Å². The molecular weight excluding hydrogens is 268 g/mol. The molecule has 2 aromatic rings. The zero-order valence-electron chi connectivity index (χ0n) is 11.7. The molecular formula is C17H17ClN2. The fourth-order valence-corrected chi connectivity index (χ4v) is 2.27. The summed E-state index contributed by atoms with van der Waals surface area (Å²) in [4.78, 5) is 0. The highest BCUT2D eigenvalue weighted by atomic mass is 35.5. The second kappa shape index (κ2) is 6.45. The molecule has 1 atom stereocenters. The number of nitriles is 1. The summed E-state index contributed by atoms with van der Waals surface area (Å²) in [6.07, 6.45) is 1.04. The Labute approximate surface area is 125 Å². The van der Waals surface area contributed by atoms with E-state index < -0.39 is 0 Å². The van der Waals surface area contributed by atoms with Crippen molar-refractivity contribution in [3.63, 3.8) is 0 Å². The van der Waals surface area contributed by atoms with Gasteiger partial charge in [-0.15, -0.1) is 0 Å². The molecule has 0 aliphatic heterocycles. The number of hydrogen-bond acceptors (Lipinski definition) is 2. The summed E-state index contributed by atoms with van der Waals surface area (Å²) < 4.78 is 0. The average Bonchev–Trinajstić information content (AvgIpc) is 2.49. The van der Waals surface area contributed by atoms with Gasteiger partial charge < -0.3 is 5.32 Å². The number of nitrogens with zero attached hydrogens (tertiary/aromatic N) is 1. The first-order chi connectivity index (χ1) is 9.63. The van der Waals surface area contributed by atoms with Crippen molar-refractivity contribution in [3.05, 3.63) is 64.2 Å². The summed E-state index contributed by atoms with van der Waals surface area (Å²) in [6, 6.07) is 16.1. The lowest BCUT2D eigenvalue weighted by Gasteiger charge is -2.17. The molecule has 0 radical (unpaired) electrons. The molecule has 0 aliphatic rings. The largest absolute Gasteiger partial charge is 0.377 e. The molecule has 2 nitrogen and oxygen atoms in total. The van der Waals surface area contributed by atoms with Crippen LogP contribution in [0.1, 0.15) is 36.6 Å². The molecule has 20 heavy (non-hydrogen) atoms. The number of aryl methyl sites for hydroxylation is 1. The van der Waals surface area contributed by atoms with Gasteiger partial charge in [-0.1, -0.05) is 42.8 Å². The Morgan fingerprint density at radius 1 is 1.20 bits per heavy atom. The van der Waals surface area contributed by atoms with Crippen molar-refractivity contribution in [2.24, 2.45) is 0 Å². The predicted octanol–water partition coefficient (Wildman–Crippen LogP) is 4.95. The SMILES string of the molecule is CCc1ccc(C(C)Nc2ccc(Cl)cc2C#N)cc1. The molecule has 0 fully saturated rings. The van der Waals surface area contributed by atoms with E-state index in [2.05, 4.69) is 49.5 Å². The minimum absolute atomic E-state index is 0.134. The molecule has 2 rings (SSSR count). The molecule has 0 heterocycles. The summed E-state index contributed by atoms with van der Waals surface area (Å²) in [7, 11) is 0. The molecule has 0 saturated heterocycles. The van der Waals surface area contributed by atoms with Gasteiger partial charge in [0, 0.05) is 11.1 Å².